The fourth-order valence-corrected chi connectivity index (χ4v) is 3.01. The molecule has 0 aliphatic carbocycles. The van der Waals surface area contributed by atoms with E-state index in [9.17, 15) is 9.59 Å². The van der Waals surface area contributed by atoms with Gasteiger partial charge in [0, 0.05) is 29.1 Å². The van der Waals surface area contributed by atoms with Crippen LogP contribution in [0.15, 0.2) is 77.5 Å². The van der Waals surface area contributed by atoms with Crippen LogP contribution in [0.4, 0.5) is 5.69 Å². The Labute approximate surface area is 166 Å². The van der Waals surface area contributed by atoms with Gasteiger partial charge >= 0.3 is 0 Å². The largest absolute Gasteiger partial charge is 0.348 e. The number of hydrogen-bond donors (Lipinski definition) is 2. The molecule has 3 aromatic rings. The molecule has 0 fully saturated rings. The lowest BCUT2D eigenvalue weighted by Gasteiger charge is -2.12. The molecule has 136 valence electrons. The lowest BCUT2D eigenvalue weighted by molar-refractivity contribution is -0.115. The zero-order chi connectivity index (χ0) is 19.1. The second-order valence-electron chi connectivity index (χ2n) is 5.90. The summed E-state index contributed by atoms with van der Waals surface area (Å²) >= 11 is 3.46. The Morgan fingerprint density at radius 2 is 1.67 bits per heavy atom. The number of nitrogens with zero attached hydrogens (tertiary/aromatic N) is 1. The van der Waals surface area contributed by atoms with E-state index in [1.54, 1.807) is 18.3 Å². The Balaban J connectivity index is 1.64. The molecule has 1 heterocycles. The summed E-state index contributed by atoms with van der Waals surface area (Å²) in [4.78, 5) is 28.5. The number of amides is 2. The minimum atomic E-state index is -0.211. The number of halogens is 1. The van der Waals surface area contributed by atoms with Crippen LogP contribution in [-0.4, -0.2) is 16.8 Å². The van der Waals surface area contributed by atoms with Crippen molar-refractivity contribution in [2.45, 2.75) is 13.0 Å². The van der Waals surface area contributed by atoms with Crippen LogP contribution in [0.2, 0.25) is 0 Å². The molecule has 2 aromatic carbocycles. The summed E-state index contributed by atoms with van der Waals surface area (Å²) in [7, 11) is 0. The number of para-hydroxylation sites is 1. The second kappa shape index (κ2) is 9.09. The Bertz CT molecular complexity index is 945. The van der Waals surface area contributed by atoms with Gasteiger partial charge in [-0.3, -0.25) is 14.6 Å². The molecule has 2 N–H and O–H groups in total. The highest BCUT2D eigenvalue weighted by molar-refractivity contribution is 9.10. The number of hydrogen-bond acceptors (Lipinski definition) is 3. The van der Waals surface area contributed by atoms with Crippen LogP contribution in [0.1, 0.15) is 21.5 Å². The Hall–Kier alpha value is -2.99. The van der Waals surface area contributed by atoms with E-state index in [1.807, 2.05) is 48.5 Å². The van der Waals surface area contributed by atoms with Gasteiger partial charge in [-0.05, 0) is 35.4 Å². The number of carbonyl (C=O) groups excluding carboxylic acids is 2. The molecule has 27 heavy (non-hydrogen) atoms. The number of carbonyl (C=O) groups is 2. The molecule has 0 aliphatic rings. The van der Waals surface area contributed by atoms with Gasteiger partial charge in [0.05, 0.1) is 12.0 Å². The zero-order valence-electron chi connectivity index (χ0n) is 14.5. The van der Waals surface area contributed by atoms with Gasteiger partial charge in [-0.25, -0.2) is 0 Å². The Morgan fingerprint density at radius 1 is 0.926 bits per heavy atom. The first kappa shape index (κ1) is 18.8. The first-order chi connectivity index (χ1) is 13.1. The molecule has 0 unspecified atom stereocenters. The normalized spacial score (nSPS) is 10.3. The van der Waals surface area contributed by atoms with E-state index < -0.39 is 0 Å². The number of rotatable bonds is 6. The van der Waals surface area contributed by atoms with Crippen molar-refractivity contribution in [3.05, 3.63) is 94.2 Å². The maximum Gasteiger partial charge on any atom is 0.253 e. The van der Waals surface area contributed by atoms with Gasteiger partial charge in [-0.2, -0.15) is 0 Å². The summed E-state index contributed by atoms with van der Waals surface area (Å²) in [5.41, 5.74) is 2.92. The maximum atomic E-state index is 12.4. The van der Waals surface area contributed by atoms with Crippen molar-refractivity contribution >= 4 is 33.4 Å². The van der Waals surface area contributed by atoms with Crippen LogP contribution >= 0.6 is 15.9 Å². The van der Waals surface area contributed by atoms with Gasteiger partial charge in [0.1, 0.15) is 0 Å². The van der Waals surface area contributed by atoms with Gasteiger partial charge < -0.3 is 10.6 Å². The summed E-state index contributed by atoms with van der Waals surface area (Å²) in [5.74, 6) is -0.328. The Morgan fingerprint density at radius 3 is 2.41 bits per heavy atom. The fourth-order valence-electron chi connectivity index (χ4n) is 2.58. The van der Waals surface area contributed by atoms with Crippen molar-refractivity contribution in [2.24, 2.45) is 0 Å². The highest BCUT2D eigenvalue weighted by Gasteiger charge is 2.11. The molecule has 5 nitrogen and oxygen atoms in total. The first-order valence-corrected chi connectivity index (χ1v) is 9.22. The maximum absolute atomic E-state index is 12.4. The third-order valence-corrected chi connectivity index (χ3v) is 4.74. The zero-order valence-corrected chi connectivity index (χ0v) is 16.1. The second-order valence-corrected chi connectivity index (χ2v) is 6.75. The lowest BCUT2D eigenvalue weighted by Crippen LogP contribution is -2.24. The standard InChI is InChI=1S/C21H18BrN3O2/c22-18-9-3-1-6-15(18)12-20(26)25-19-10-4-2-7-16(19)14-24-21(27)17-8-5-11-23-13-17/h1-11,13H,12,14H2,(H,24,27)(H,25,26). The molecule has 0 bridgehead atoms. The van der Waals surface area contributed by atoms with Gasteiger partial charge in [0.2, 0.25) is 5.91 Å². The van der Waals surface area contributed by atoms with Gasteiger partial charge in [0.25, 0.3) is 5.91 Å². The summed E-state index contributed by atoms with van der Waals surface area (Å²) in [6.07, 6.45) is 3.39. The summed E-state index contributed by atoms with van der Waals surface area (Å²) in [6.45, 7) is 0.305. The molecule has 2 amide bonds. The number of aromatic nitrogens is 1. The van der Waals surface area contributed by atoms with Gasteiger partial charge in [-0.15, -0.1) is 0 Å². The molecular weight excluding hydrogens is 406 g/mol. The van der Waals surface area contributed by atoms with Crippen molar-refractivity contribution in [3.8, 4) is 0 Å². The molecule has 0 saturated heterocycles. The molecule has 0 spiro atoms. The van der Waals surface area contributed by atoms with Crippen LogP contribution < -0.4 is 10.6 Å². The highest BCUT2D eigenvalue weighted by atomic mass is 79.9. The van der Waals surface area contributed by atoms with Crippen LogP contribution in [0.5, 0.6) is 0 Å². The minimum Gasteiger partial charge on any atom is -0.348 e. The quantitative estimate of drug-likeness (QED) is 0.630. The number of benzene rings is 2. The van der Waals surface area contributed by atoms with Crippen LogP contribution in [0.25, 0.3) is 0 Å². The third-order valence-electron chi connectivity index (χ3n) is 3.96. The molecule has 3 rings (SSSR count). The first-order valence-electron chi connectivity index (χ1n) is 8.43. The predicted molar refractivity (Wildman–Crippen MR) is 108 cm³/mol. The molecule has 0 aliphatic heterocycles. The third kappa shape index (κ3) is 5.24. The smallest absolute Gasteiger partial charge is 0.253 e. The van der Waals surface area contributed by atoms with Crippen molar-refractivity contribution in [2.75, 3.05) is 5.32 Å². The molecule has 1 aromatic heterocycles. The molecule has 0 atom stereocenters. The average Bonchev–Trinajstić information content (AvgIpc) is 2.69. The van der Waals surface area contributed by atoms with Crippen molar-refractivity contribution < 1.29 is 9.59 Å². The number of nitrogens with one attached hydrogen (secondary N) is 2. The number of pyridine rings is 1. The Kier molecular flexibility index (Phi) is 6.33. The highest BCUT2D eigenvalue weighted by Crippen LogP contribution is 2.19. The van der Waals surface area contributed by atoms with Crippen molar-refractivity contribution in [1.29, 1.82) is 0 Å². The van der Waals surface area contributed by atoms with Gasteiger partial charge in [0.15, 0.2) is 0 Å². The topological polar surface area (TPSA) is 71.1 Å². The molecular formula is C21H18BrN3O2. The van der Waals surface area contributed by atoms with Crippen LogP contribution in [-0.2, 0) is 17.8 Å². The van der Waals surface area contributed by atoms with E-state index in [2.05, 4.69) is 31.5 Å². The molecule has 0 saturated carbocycles. The van der Waals surface area contributed by atoms with Crippen molar-refractivity contribution in [3.63, 3.8) is 0 Å². The number of anilines is 1. The van der Waals surface area contributed by atoms with Crippen LogP contribution in [0.3, 0.4) is 0 Å². The predicted octanol–water partition coefficient (Wildman–Crippen LogP) is 3.96. The average molecular weight is 424 g/mol. The van der Waals surface area contributed by atoms with E-state index in [1.165, 1.54) is 6.20 Å². The summed E-state index contributed by atoms with van der Waals surface area (Å²) in [6, 6.07) is 18.4. The lowest BCUT2D eigenvalue weighted by atomic mass is 10.1. The SMILES string of the molecule is O=C(Cc1ccccc1Br)Nc1ccccc1CNC(=O)c1cccnc1. The molecule has 6 heteroatoms. The van der Waals surface area contributed by atoms with E-state index >= 15 is 0 Å². The van der Waals surface area contributed by atoms with E-state index in [0.29, 0.717) is 17.8 Å². The fraction of sp³-hybridized carbons (Fsp3) is 0.0952. The summed E-state index contributed by atoms with van der Waals surface area (Å²) < 4.78 is 0.900. The van der Waals surface area contributed by atoms with Crippen molar-refractivity contribution in [1.82, 2.24) is 10.3 Å². The summed E-state index contributed by atoms with van der Waals surface area (Å²) in [5, 5.41) is 5.78. The van der Waals surface area contributed by atoms with E-state index in [0.717, 1.165) is 15.6 Å². The van der Waals surface area contributed by atoms with E-state index in [-0.39, 0.29) is 18.2 Å². The molecule has 0 radical (unpaired) electrons. The monoisotopic (exact) mass is 423 g/mol. The van der Waals surface area contributed by atoms with Gasteiger partial charge in [-0.1, -0.05) is 52.3 Å². The minimum absolute atomic E-state index is 0.118. The van der Waals surface area contributed by atoms with E-state index in [4.69, 9.17) is 0 Å². The van der Waals surface area contributed by atoms with Crippen LogP contribution in [0, 0.1) is 0 Å².